The molecular weight excluding hydrogens is 492 g/mol. The summed E-state index contributed by atoms with van der Waals surface area (Å²) in [6.45, 7) is 4.11. The van der Waals surface area contributed by atoms with E-state index in [1.54, 1.807) is 35.8 Å². The average Bonchev–Trinajstić information content (AvgIpc) is 3.40. The zero-order valence-electron chi connectivity index (χ0n) is 21.8. The summed E-state index contributed by atoms with van der Waals surface area (Å²) >= 11 is 0. The molecule has 0 atom stereocenters. The molecule has 0 aliphatic rings. The van der Waals surface area contributed by atoms with Gasteiger partial charge in [-0.3, -0.25) is 23.7 Å². The fourth-order valence-electron chi connectivity index (χ4n) is 4.66. The Balaban J connectivity index is 1.51. The summed E-state index contributed by atoms with van der Waals surface area (Å²) in [6, 6.07) is 24.2. The van der Waals surface area contributed by atoms with Gasteiger partial charge in [0, 0.05) is 17.5 Å². The monoisotopic (exact) mass is 520 g/mol. The normalized spacial score (nSPS) is 11.0. The van der Waals surface area contributed by atoms with Gasteiger partial charge in [0.25, 0.3) is 5.56 Å². The van der Waals surface area contributed by atoms with Crippen LogP contribution >= 0.6 is 0 Å². The Kier molecular flexibility index (Phi) is 7.45. The van der Waals surface area contributed by atoms with Gasteiger partial charge in [-0.1, -0.05) is 97.4 Å². The minimum absolute atomic E-state index is 0.105. The molecule has 0 saturated heterocycles. The molecule has 196 valence electrons. The number of ketones is 1. The zero-order valence-corrected chi connectivity index (χ0v) is 21.8. The van der Waals surface area contributed by atoms with Gasteiger partial charge in [0.1, 0.15) is 11.4 Å². The SMILES string of the molecule is CCCCc1nc(C)c(C(=O)c2ccccc2)c(=O)n1Cc1ccc(-c2ccccc2-c2noc(=O)[nH]2)cc1. The van der Waals surface area contributed by atoms with Crippen LogP contribution in [0.3, 0.4) is 0 Å². The van der Waals surface area contributed by atoms with Gasteiger partial charge in [-0.05, 0) is 30.0 Å². The molecule has 0 unspecified atom stereocenters. The summed E-state index contributed by atoms with van der Waals surface area (Å²) < 4.78 is 6.31. The van der Waals surface area contributed by atoms with E-state index in [2.05, 4.69) is 21.6 Å². The first-order valence-corrected chi connectivity index (χ1v) is 12.9. The first-order valence-electron chi connectivity index (χ1n) is 12.9. The third kappa shape index (κ3) is 5.40. The molecule has 0 spiro atoms. The molecule has 8 nitrogen and oxygen atoms in total. The Labute approximate surface area is 225 Å². The molecule has 2 heterocycles. The molecule has 0 radical (unpaired) electrons. The van der Waals surface area contributed by atoms with Crippen LogP contribution in [0.25, 0.3) is 22.5 Å². The Bertz CT molecular complexity index is 1730. The second kappa shape index (κ2) is 11.3. The summed E-state index contributed by atoms with van der Waals surface area (Å²) in [5.74, 6) is 0.0945. The quantitative estimate of drug-likeness (QED) is 0.268. The van der Waals surface area contributed by atoms with Crippen molar-refractivity contribution < 1.29 is 9.32 Å². The Morgan fingerprint density at radius 3 is 2.28 bits per heavy atom. The van der Waals surface area contributed by atoms with E-state index in [4.69, 9.17) is 4.98 Å². The third-order valence-corrected chi connectivity index (χ3v) is 6.67. The number of nitrogens with zero attached hydrogens (tertiary/aromatic N) is 3. The lowest BCUT2D eigenvalue weighted by Crippen LogP contribution is -2.32. The molecule has 1 N–H and O–H groups in total. The van der Waals surface area contributed by atoms with Crippen molar-refractivity contribution in [2.24, 2.45) is 0 Å². The number of hydrogen-bond acceptors (Lipinski definition) is 6. The Morgan fingerprint density at radius 1 is 0.923 bits per heavy atom. The van der Waals surface area contributed by atoms with Crippen LogP contribution in [0.2, 0.25) is 0 Å². The lowest BCUT2D eigenvalue weighted by atomic mass is 9.98. The zero-order chi connectivity index (χ0) is 27.4. The smallest absolute Gasteiger partial charge is 0.296 e. The first-order chi connectivity index (χ1) is 19.0. The van der Waals surface area contributed by atoms with E-state index in [1.165, 1.54) is 0 Å². The Hall–Kier alpha value is -4.85. The molecule has 5 aromatic rings. The maximum Gasteiger partial charge on any atom is 0.439 e. The van der Waals surface area contributed by atoms with E-state index in [0.717, 1.165) is 35.1 Å². The standard InChI is InChI=1S/C31H28N4O4/c1-3-4-14-26-32-20(2)27(28(36)23-10-6-5-7-11-23)30(37)35(26)19-21-15-17-22(18-16-21)24-12-8-9-13-25(24)29-33-31(38)39-34-29/h5-13,15-18H,3-4,14,19H2,1-2H3,(H,33,34,38). The van der Waals surface area contributed by atoms with Crippen molar-refractivity contribution in [2.75, 3.05) is 0 Å². The van der Waals surface area contributed by atoms with Crippen molar-refractivity contribution in [1.82, 2.24) is 19.7 Å². The molecule has 0 amide bonds. The van der Waals surface area contributed by atoms with Crippen LogP contribution in [0, 0.1) is 6.92 Å². The molecule has 8 heteroatoms. The van der Waals surface area contributed by atoms with Crippen LogP contribution in [0.4, 0.5) is 0 Å². The number of unbranched alkanes of at least 4 members (excludes halogenated alkanes) is 1. The predicted octanol–water partition coefficient (Wildman–Crippen LogP) is 5.18. The molecule has 3 aromatic carbocycles. The predicted molar refractivity (Wildman–Crippen MR) is 149 cm³/mol. The lowest BCUT2D eigenvalue weighted by molar-refractivity contribution is 0.103. The molecule has 0 aliphatic carbocycles. The number of nitrogens with one attached hydrogen (secondary N) is 1. The van der Waals surface area contributed by atoms with Gasteiger partial charge in [-0.25, -0.2) is 9.78 Å². The van der Waals surface area contributed by atoms with Crippen LogP contribution in [0.15, 0.2) is 93.0 Å². The van der Waals surface area contributed by atoms with E-state index in [-0.39, 0.29) is 16.9 Å². The summed E-state index contributed by atoms with van der Waals surface area (Å²) in [4.78, 5) is 45.8. The highest BCUT2D eigenvalue weighted by molar-refractivity contribution is 6.09. The molecule has 2 aromatic heterocycles. The highest BCUT2D eigenvalue weighted by Gasteiger charge is 2.21. The maximum absolute atomic E-state index is 13.7. The number of hydrogen-bond donors (Lipinski definition) is 1. The minimum atomic E-state index is -0.615. The lowest BCUT2D eigenvalue weighted by Gasteiger charge is -2.16. The van der Waals surface area contributed by atoms with Crippen LogP contribution in [0.1, 0.15) is 52.8 Å². The fourth-order valence-corrected chi connectivity index (χ4v) is 4.66. The van der Waals surface area contributed by atoms with Crippen molar-refractivity contribution >= 4 is 5.78 Å². The van der Waals surface area contributed by atoms with Crippen molar-refractivity contribution in [1.29, 1.82) is 0 Å². The highest BCUT2D eigenvalue weighted by Crippen LogP contribution is 2.30. The second-order valence-corrected chi connectivity index (χ2v) is 9.36. The molecule has 0 aliphatic heterocycles. The second-order valence-electron chi connectivity index (χ2n) is 9.36. The van der Waals surface area contributed by atoms with E-state index >= 15 is 0 Å². The van der Waals surface area contributed by atoms with Crippen LogP contribution in [0.5, 0.6) is 0 Å². The molecular formula is C31H28N4O4. The summed E-state index contributed by atoms with van der Waals surface area (Å²) in [7, 11) is 0. The molecule has 0 bridgehead atoms. The van der Waals surface area contributed by atoms with E-state index in [1.807, 2.05) is 54.6 Å². The van der Waals surface area contributed by atoms with Crippen molar-refractivity contribution in [2.45, 2.75) is 39.7 Å². The number of benzene rings is 3. The van der Waals surface area contributed by atoms with Crippen molar-refractivity contribution in [3.05, 3.63) is 128 Å². The summed E-state index contributed by atoms with van der Waals surface area (Å²) in [5.41, 5.74) is 4.12. The van der Waals surface area contributed by atoms with Gasteiger partial charge in [0.05, 0.1) is 12.2 Å². The van der Waals surface area contributed by atoms with Gasteiger partial charge >= 0.3 is 5.76 Å². The maximum atomic E-state index is 13.7. The molecule has 39 heavy (non-hydrogen) atoms. The molecule has 0 saturated carbocycles. The van der Waals surface area contributed by atoms with E-state index in [9.17, 15) is 14.4 Å². The number of aryl methyl sites for hydroxylation is 2. The third-order valence-electron chi connectivity index (χ3n) is 6.67. The van der Waals surface area contributed by atoms with Crippen LogP contribution < -0.4 is 11.3 Å². The van der Waals surface area contributed by atoms with Gasteiger partial charge in [0.2, 0.25) is 0 Å². The number of rotatable bonds is 9. The van der Waals surface area contributed by atoms with Crippen LogP contribution in [-0.4, -0.2) is 25.5 Å². The number of carbonyl (C=O) groups excluding carboxylic acids is 1. The molecule has 0 fully saturated rings. The number of carbonyl (C=O) groups is 1. The van der Waals surface area contributed by atoms with Crippen molar-refractivity contribution in [3.8, 4) is 22.5 Å². The number of H-pyrrole nitrogens is 1. The Morgan fingerprint density at radius 2 is 1.62 bits per heavy atom. The number of aromatic nitrogens is 4. The molecule has 5 rings (SSSR count). The van der Waals surface area contributed by atoms with Gasteiger partial charge in [-0.15, -0.1) is 0 Å². The first kappa shape index (κ1) is 25.8. The number of aromatic amines is 1. The van der Waals surface area contributed by atoms with Gasteiger partial charge in [-0.2, -0.15) is 0 Å². The van der Waals surface area contributed by atoms with E-state index < -0.39 is 5.76 Å². The summed E-state index contributed by atoms with van der Waals surface area (Å²) in [5, 5.41) is 3.83. The largest absolute Gasteiger partial charge is 0.439 e. The van der Waals surface area contributed by atoms with Gasteiger partial charge < -0.3 is 0 Å². The minimum Gasteiger partial charge on any atom is -0.296 e. The fraction of sp³-hybridized carbons (Fsp3) is 0.194. The topological polar surface area (TPSA) is 111 Å². The van der Waals surface area contributed by atoms with Gasteiger partial charge in [0.15, 0.2) is 11.6 Å². The summed E-state index contributed by atoms with van der Waals surface area (Å²) in [6.07, 6.45) is 2.50. The average molecular weight is 521 g/mol. The van der Waals surface area contributed by atoms with Crippen molar-refractivity contribution in [3.63, 3.8) is 0 Å². The van der Waals surface area contributed by atoms with Crippen LogP contribution in [-0.2, 0) is 13.0 Å². The van der Waals surface area contributed by atoms with E-state index in [0.29, 0.717) is 35.9 Å². The highest BCUT2D eigenvalue weighted by atomic mass is 16.5.